The maximum atomic E-state index is 5.11. The van der Waals surface area contributed by atoms with Crippen LogP contribution in [-0.2, 0) is 13.1 Å². The van der Waals surface area contributed by atoms with Crippen LogP contribution in [-0.4, -0.2) is 21.6 Å². The number of pyridine rings is 1. The van der Waals surface area contributed by atoms with E-state index >= 15 is 0 Å². The zero-order chi connectivity index (χ0) is 13.1. The van der Waals surface area contributed by atoms with E-state index in [1.54, 1.807) is 13.3 Å². The van der Waals surface area contributed by atoms with Crippen molar-refractivity contribution in [2.24, 2.45) is 0 Å². The summed E-state index contributed by atoms with van der Waals surface area (Å²) in [6, 6.07) is 4.62. The molecule has 0 saturated heterocycles. The molecule has 0 aromatic carbocycles. The first-order valence-electron chi connectivity index (χ1n) is 6.57. The summed E-state index contributed by atoms with van der Waals surface area (Å²) in [5.41, 5.74) is 2.42. The monoisotopic (exact) mass is 258 g/mol. The SMILES string of the molecule is COc1cc(CNCc2cncn2C2CC2)ccn1. The summed E-state index contributed by atoms with van der Waals surface area (Å²) < 4.78 is 7.39. The molecular weight excluding hydrogens is 240 g/mol. The van der Waals surface area contributed by atoms with Crippen LogP contribution in [0.2, 0.25) is 0 Å². The van der Waals surface area contributed by atoms with Gasteiger partial charge in [-0.3, -0.25) is 0 Å². The Hall–Kier alpha value is -1.88. The Morgan fingerprint density at radius 2 is 2.32 bits per heavy atom. The standard InChI is InChI=1S/C14H18N4O/c1-19-14-6-11(4-5-17-14)7-15-8-13-9-16-10-18(13)12-2-3-12/h4-6,9-10,12,15H,2-3,7-8H2,1H3. The van der Waals surface area contributed by atoms with Crippen molar-refractivity contribution in [1.82, 2.24) is 19.9 Å². The summed E-state index contributed by atoms with van der Waals surface area (Å²) in [6.07, 6.45) is 8.21. The van der Waals surface area contributed by atoms with E-state index in [-0.39, 0.29) is 0 Å². The highest BCUT2D eigenvalue weighted by Crippen LogP contribution is 2.35. The number of methoxy groups -OCH3 is 1. The van der Waals surface area contributed by atoms with Gasteiger partial charge in [0.1, 0.15) is 0 Å². The van der Waals surface area contributed by atoms with Crippen molar-refractivity contribution < 1.29 is 4.74 Å². The van der Waals surface area contributed by atoms with Gasteiger partial charge in [0.2, 0.25) is 5.88 Å². The van der Waals surface area contributed by atoms with Crippen molar-refractivity contribution in [3.05, 3.63) is 42.1 Å². The number of imidazole rings is 1. The Labute approximate surface area is 112 Å². The molecule has 0 unspecified atom stereocenters. The number of ether oxygens (including phenoxy) is 1. The number of hydrogen-bond donors (Lipinski definition) is 1. The zero-order valence-corrected chi connectivity index (χ0v) is 11.0. The molecule has 1 N–H and O–H groups in total. The van der Waals surface area contributed by atoms with Crippen LogP contribution in [0.25, 0.3) is 0 Å². The highest BCUT2D eigenvalue weighted by atomic mass is 16.5. The van der Waals surface area contributed by atoms with Crippen LogP contribution in [0.5, 0.6) is 5.88 Å². The predicted octanol–water partition coefficient (Wildman–Crippen LogP) is 1.91. The van der Waals surface area contributed by atoms with Crippen molar-refractivity contribution in [1.29, 1.82) is 0 Å². The summed E-state index contributed by atoms with van der Waals surface area (Å²) >= 11 is 0. The van der Waals surface area contributed by atoms with E-state index in [1.165, 1.54) is 24.1 Å². The average Bonchev–Trinajstić information content (AvgIpc) is 3.19. The molecule has 0 aliphatic heterocycles. The van der Waals surface area contributed by atoms with Crippen LogP contribution in [0.1, 0.15) is 30.1 Å². The minimum Gasteiger partial charge on any atom is -0.481 e. The first-order valence-corrected chi connectivity index (χ1v) is 6.57. The van der Waals surface area contributed by atoms with Gasteiger partial charge in [0.05, 0.1) is 19.1 Å². The fourth-order valence-electron chi connectivity index (χ4n) is 2.16. The molecule has 100 valence electrons. The van der Waals surface area contributed by atoms with Gasteiger partial charge in [-0.1, -0.05) is 0 Å². The van der Waals surface area contributed by atoms with Gasteiger partial charge < -0.3 is 14.6 Å². The molecule has 1 fully saturated rings. The Kier molecular flexibility index (Phi) is 3.46. The minimum atomic E-state index is 0.655. The van der Waals surface area contributed by atoms with Crippen molar-refractivity contribution >= 4 is 0 Å². The van der Waals surface area contributed by atoms with Crippen LogP contribution < -0.4 is 10.1 Å². The van der Waals surface area contributed by atoms with Crippen molar-refractivity contribution in [3.8, 4) is 5.88 Å². The van der Waals surface area contributed by atoms with E-state index in [0.29, 0.717) is 11.9 Å². The number of nitrogens with one attached hydrogen (secondary N) is 1. The van der Waals surface area contributed by atoms with Crippen molar-refractivity contribution in [2.75, 3.05) is 7.11 Å². The lowest BCUT2D eigenvalue weighted by Crippen LogP contribution is -2.15. The van der Waals surface area contributed by atoms with Crippen molar-refractivity contribution in [3.63, 3.8) is 0 Å². The van der Waals surface area contributed by atoms with E-state index in [1.807, 2.05) is 24.7 Å². The molecule has 0 bridgehead atoms. The zero-order valence-electron chi connectivity index (χ0n) is 11.0. The molecule has 1 aliphatic carbocycles. The lowest BCUT2D eigenvalue weighted by Gasteiger charge is -2.08. The number of rotatable bonds is 6. The highest BCUT2D eigenvalue weighted by Gasteiger charge is 2.24. The largest absolute Gasteiger partial charge is 0.481 e. The van der Waals surface area contributed by atoms with E-state index in [9.17, 15) is 0 Å². The molecule has 0 atom stereocenters. The van der Waals surface area contributed by atoms with Gasteiger partial charge in [0, 0.05) is 37.6 Å². The third-order valence-corrected chi connectivity index (χ3v) is 3.33. The predicted molar refractivity (Wildman–Crippen MR) is 71.8 cm³/mol. The lowest BCUT2D eigenvalue weighted by atomic mass is 10.2. The van der Waals surface area contributed by atoms with Gasteiger partial charge in [-0.05, 0) is 24.5 Å². The highest BCUT2D eigenvalue weighted by molar-refractivity contribution is 5.20. The molecule has 0 spiro atoms. The first-order chi connectivity index (χ1) is 9.36. The van der Waals surface area contributed by atoms with Gasteiger partial charge >= 0.3 is 0 Å². The van der Waals surface area contributed by atoms with Crippen molar-refractivity contribution in [2.45, 2.75) is 32.0 Å². The summed E-state index contributed by atoms with van der Waals surface area (Å²) in [4.78, 5) is 8.33. The summed E-state index contributed by atoms with van der Waals surface area (Å²) in [7, 11) is 1.63. The van der Waals surface area contributed by atoms with E-state index < -0.39 is 0 Å². The minimum absolute atomic E-state index is 0.655. The van der Waals surface area contributed by atoms with Crippen LogP contribution in [0.15, 0.2) is 30.9 Å². The molecule has 1 aliphatic rings. The molecule has 5 heteroatoms. The Bertz CT molecular complexity index is 548. The molecule has 3 rings (SSSR count). The van der Waals surface area contributed by atoms with E-state index in [0.717, 1.165) is 13.1 Å². The maximum Gasteiger partial charge on any atom is 0.213 e. The normalized spacial score (nSPS) is 14.6. The Morgan fingerprint density at radius 1 is 1.42 bits per heavy atom. The second-order valence-corrected chi connectivity index (χ2v) is 4.83. The van der Waals surface area contributed by atoms with Gasteiger partial charge in [-0.15, -0.1) is 0 Å². The third kappa shape index (κ3) is 2.93. The molecular formula is C14H18N4O. The Morgan fingerprint density at radius 3 is 3.11 bits per heavy atom. The molecule has 1 saturated carbocycles. The fourth-order valence-corrected chi connectivity index (χ4v) is 2.16. The average molecular weight is 258 g/mol. The van der Waals surface area contributed by atoms with E-state index in [4.69, 9.17) is 4.74 Å². The summed E-state index contributed by atoms with van der Waals surface area (Å²) in [5, 5.41) is 3.43. The third-order valence-electron chi connectivity index (χ3n) is 3.33. The molecule has 0 radical (unpaired) electrons. The van der Waals surface area contributed by atoms with Crippen LogP contribution >= 0.6 is 0 Å². The second-order valence-electron chi connectivity index (χ2n) is 4.83. The smallest absolute Gasteiger partial charge is 0.213 e. The molecule has 5 nitrogen and oxygen atoms in total. The van der Waals surface area contributed by atoms with Crippen LogP contribution in [0, 0.1) is 0 Å². The van der Waals surface area contributed by atoms with Gasteiger partial charge in [0.25, 0.3) is 0 Å². The lowest BCUT2D eigenvalue weighted by molar-refractivity contribution is 0.397. The molecule has 0 amide bonds. The Balaban J connectivity index is 1.56. The van der Waals surface area contributed by atoms with Crippen LogP contribution in [0.3, 0.4) is 0 Å². The van der Waals surface area contributed by atoms with Gasteiger partial charge in [-0.2, -0.15) is 0 Å². The molecule has 2 aromatic heterocycles. The first kappa shape index (κ1) is 12.2. The van der Waals surface area contributed by atoms with Crippen LogP contribution in [0.4, 0.5) is 0 Å². The quantitative estimate of drug-likeness (QED) is 0.860. The van der Waals surface area contributed by atoms with Gasteiger partial charge in [0.15, 0.2) is 0 Å². The van der Waals surface area contributed by atoms with Gasteiger partial charge in [-0.25, -0.2) is 9.97 Å². The molecule has 2 heterocycles. The number of aromatic nitrogens is 3. The molecule has 19 heavy (non-hydrogen) atoms. The fraction of sp³-hybridized carbons (Fsp3) is 0.429. The van der Waals surface area contributed by atoms with E-state index in [2.05, 4.69) is 19.9 Å². The summed E-state index contributed by atoms with van der Waals surface area (Å²) in [6.45, 7) is 1.63. The second kappa shape index (κ2) is 5.40. The molecule has 2 aromatic rings. The topological polar surface area (TPSA) is 52.0 Å². The summed E-state index contributed by atoms with van der Waals surface area (Å²) in [5.74, 6) is 0.655. The number of hydrogen-bond acceptors (Lipinski definition) is 4. The maximum absolute atomic E-state index is 5.11. The number of nitrogens with zero attached hydrogens (tertiary/aromatic N) is 3.